The molecule has 1 aromatic carbocycles. The zero-order valence-electron chi connectivity index (χ0n) is 21.5. The van der Waals surface area contributed by atoms with Crippen LogP contribution in [0.1, 0.15) is 24.8 Å². The van der Waals surface area contributed by atoms with Gasteiger partial charge < -0.3 is 53.5 Å². The predicted molar refractivity (Wildman–Crippen MR) is 143 cm³/mol. The van der Waals surface area contributed by atoms with Crippen LogP contribution in [0.25, 0.3) is 10.9 Å². The molecule has 2 aromatic rings. The van der Waals surface area contributed by atoms with Crippen molar-refractivity contribution in [3.63, 3.8) is 0 Å². The summed E-state index contributed by atoms with van der Waals surface area (Å²) < 4.78 is 0. The maximum Gasteiger partial charge on any atom is 0.326 e. The first-order valence-corrected chi connectivity index (χ1v) is 12.3. The van der Waals surface area contributed by atoms with Crippen LogP contribution in [-0.2, 0) is 30.4 Å². The Labute approximate surface area is 228 Å². The molecule has 0 aliphatic carbocycles. The second-order valence-electron chi connectivity index (χ2n) is 8.92. The summed E-state index contributed by atoms with van der Waals surface area (Å²) in [4.78, 5) is 67.9. The van der Waals surface area contributed by atoms with E-state index in [-0.39, 0.29) is 25.3 Å². The lowest BCUT2D eigenvalue weighted by Gasteiger charge is -2.23. The first kappa shape index (κ1) is 31.5. The van der Waals surface area contributed by atoms with E-state index in [2.05, 4.69) is 25.9 Å². The van der Waals surface area contributed by atoms with Gasteiger partial charge in [0.05, 0.1) is 19.1 Å². The van der Waals surface area contributed by atoms with Gasteiger partial charge >= 0.3 is 11.9 Å². The molecule has 218 valence electrons. The number of carboxylic acid groups (broad SMARTS) is 2. The van der Waals surface area contributed by atoms with E-state index in [1.807, 2.05) is 0 Å². The largest absolute Gasteiger partial charge is 0.481 e. The number of aromatic amines is 1. The van der Waals surface area contributed by atoms with Crippen molar-refractivity contribution in [2.24, 2.45) is 22.2 Å². The normalized spacial score (nSPS) is 13.8. The Morgan fingerprint density at radius 1 is 0.925 bits per heavy atom. The van der Waals surface area contributed by atoms with Crippen LogP contribution in [0.2, 0.25) is 0 Å². The number of nitrogens with one attached hydrogen (secondary N) is 4. The van der Waals surface area contributed by atoms with Gasteiger partial charge in [-0.25, -0.2) is 4.79 Å². The molecule has 0 spiro atoms. The minimum Gasteiger partial charge on any atom is -0.481 e. The quantitative estimate of drug-likeness (QED) is 0.0562. The lowest BCUT2D eigenvalue weighted by Crippen LogP contribution is -2.58. The molecule has 0 bridgehead atoms. The summed E-state index contributed by atoms with van der Waals surface area (Å²) in [6, 6.07) is 1.35. The van der Waals surface area contributed by atoms with Crippen LogP contribution in [0.15, 0.2) is 35.5 Å². The summed E-state index contributed by atoms with van der Waals surface area (Å²) in [5.74, 6) is -5.88. The van der Waals surface area contributed by atoms with Gasteiger partial charge in [-0.2, -0.15) is 0 Å². The number of H-pyrrole nitrogens is 1. The number of aliphatic hydroxyl groups excluding tert-OH is 1. The topological polar surface area (TPSA) is 288 Å². The first-order chi connectivity index (χ1) is 18.9. The van der Waals surface area contributed by atoms with E-state index >= 15 is 0 Å². The summed E-state index contributed by atoms with van der Waals surface area (Å²) in [6.45, 7) is -0.734. The number of fused-ring (bicyclic) bond motifs is 1. The highest BCUT2D eigenvalue weighted by Gasteiger charge is 2.31. The Kier molecular flexibility index (Phi) is 11.8. The Bertz CT molecular complexity index is 1240. The molecule has 0 saturated heterocycles. The Hall–Kier alpha value is -4.70. The van der Waals surface area contributed by atoms with Gasteiger partial charge in [0.2, 0.25) is 17.7 Å². The summed E-state index contributed by atoms with van der Waals surface area (Å²) in [6.07, 6.45) is 1.12. The standard InChI is InChI=1S/C24H34N8O8/c25-14(5-3-7-28-24(26)27)20(36)30-16(9-19(34)35)21(37)32-18(11-33)22(38)31-17(23(39)40)8-12-10-29-15-6-2-1-4-13(12)15/h1-2,4,6,10,14,16-18,29,33H,3,5,7-9,11,25H2,(H,30,36)(H,31,38)(H,32,37)(H,34,35)(H,39,40)(H4,26,27,28). The molecule has 2 rings (SSSR count). The highest BCUT2D eigenvalue weighted by molar-refractivity contribution is 5.96. The minimum absolute atomic E-state index is 0.101. The molecule has 13 N–H and O–H groups in total. The molecule has 1 heterocycles. The van der Waals surface area contributed by atoms with Crippen molar-refractivity contribution in [3.8, 4) is 0 Å². The number of carboxylic acids is 2. The van der Waals surface area contributed by atoms with E-state index < -0.39 is 66.9 Å². The third-order valence-electron chi connectivity index (χ3n) is 5.85. The van der Waals surface area contributed by atoms with Crippen LogP contribution >= 0.6 is 0 Å². The predicted octanol–water partition coefficient (Wildman–Crippen LogP) is -2.90. The number of rotatable bonds is 16. The number of nitrogens with zero attached hydrogens (tertiary/aromatic N) is 1. The number of aromatic nitrogens is 1. The minimum atomic E-state index is -1.64. The molecule has 0 radical (unpaired) electrons. The van der Waals surface area contributed by atoms with Crippen molar-refractivity contribution in [1.82, 2.24) is 20.9 Å². The lowest BCUT2D eigenvalue weighted by molar-refractivity contribution is -0.143. The highest BCUT2D eigenvalue weighted by atomic mass is 16.4. The third-order valence-corrected chi connectivity index (χ3v) is 5.85. The summed E-state index contributed by atoms with van der Waals surface area (Å²) >= 11 is 0. The fraction of sp³-hybridized carbons (Fsp3) is 0.417. The van der Waals surface area contributed by atoms with Gasteiger partial charge in [0.25, 0.3) is 0 Å². The first-order valence-electron chi connectivity index (χ1n) is 12.3. The highest BCUT2D eigenvalue weighted by Crippen LogP contribution is 2.19. The van der Waals surface area contributed by atoms with E-state index in [1.165, 1.54) is 0 Å². The Morgan fingerprint density at radius 2 is 1.55 bits per heavy atom. The number of hydrogen-bond donors (Lipinski definition) is 10. The molecule has 3 amide bonds. The molecule has 0 saturated carbocycles. The maximum atomic E-state index is 12.8. The fourth-order valence-electron chi connectivity index (χ4n) is 3.77. The molecule has 1 aromatic heterocycles. The Balaban J connectivity index is 2.04. The van der Waals surface area contributed by atoms with E-state index in [1.54, 1.807) is 30.5 Å². The van der Waals surface area contributed by atoms with Gasteiger partial charge in [0, 0.05) is 30.1 Å². The zero-order chi connectivity index (χ0) is 29.8. The molecule has 16 nitrogen and oxygen atoms in total. The van der Waals surface area contributed by atoms with Crippen LogP contribution < -0.4 is 33.2 Å². The molecule has 0 aliphatic heterocycles. The van der Waals surface area contributed by atoms with Crippen molar-refractivity contribution in [3.05, 3.63) is 36.0 Å². The van der Waals surface area contributed by atoms with Crippen LogP contribution in [-0.4, -0.2) is 93.2 Å². The smallest absolute Gasteiger partial charge is 0.326 e. The molecule has 4 atom stereocenters. The number of aliphatic carboxylic acids is 2. The average molecular weight is 563 g/mol. The molecule has 0 fully saturated rings. The van der Waals surface area contributed by atoms with Crippen molar-refractivity contribution < 1.29 is 39.3 Å². The molecular formula is C24H34N8O8. The number of nitrogens with two attached hydrogens (primary N) is 3. The number of para-hydroxylation sites is 1. The number of hydrogen-bond acceptors (Lipinski definition) is 8. The van der Waals surface area contributed by atoms with Gasteiger partial charge in [0.15, 0.2) is 5.96 Å². The lowest BCUT2D eigenvalue weighted by atomic mass is 10.0. The number of aliphatic hydroxyl groups is 1. The van der Waals surface area contributed by atoms with Gasteiger partial charge in [0.1, 0.15) is 18.1 Å². The molecule has 16 heteroatoms. The average Bonchev–Trinajstić information content (AvgIpc) is 3.30. The van der Waals surface area contributed by atoms with Gasteiger partial charge in [-0.1, -0.05) is 18.2 Å². The number of aliphatic imine (C=N–C) groups is 1. The maximum absolute atomic E-state index is 12.8. The molecule has 0 aliphatic rings. The van der Waals surface area contributed by atoms with Gasteiger partial charge in [-0.15, -0.1) is 0 Å². The number of carbonyl (C=O) groups is 5. The van der Waals surface area contributed by atoms with E-state index in [0.29, 0.717) is 12.0 Å². The number of benzene rings is 1. The van der Waals surface area contributed by atoms with Crippen LogP contribution in [0.3, 0.4) is 0 Å². The van der Waals surface area contributed by atoms with Crippen molar-refractivity contribution >= 4 is 46.5 Å². The monoisotopic (exact) mass is 562 g/mol. The zero-order valence-corrected chi connectivity index (χ0v) is 21.5. The summed E-state index contributed by atoms with van der Waals surface area (Å²) in [5.41, 5.74) is 17.6. The molecular weight excluding hydrogens is 528 g/mol. The van der Waals surface area contributed by atoms with Crippen molar-refractivity contribution in [2.75, 3.05) is 13.2 Å². The number of amides is 3. The summed E-state index contributed by atoms with van der Waals surface area (Å²) in [7, 11) is 0. The Morgan fingerprint density at radius 3 is 2.17 bits per heavy atom. The molecule has 4 unspecified atom stereocenters. The fourth-order valence-corrected chi connectivity index (χ4v) is 3.77. The van der Waals surface area contributed by atoms with Crippen LogP contribution in [0, 0.1) is 0 Å². The third kappa shape index (κ3) is 9.55. The van der Waals surface area contributed by atoms with Crippen LogP contribution in [0.4, 0.5) is 0 Å². The van der Waals surface area contributed by atoms with E-state index in [9.17, 15) is 39.3 Å². The van der Waals surface area contributed by atoms with Crippen molar-refractivity contribution in [2.45, 2.75) is 49.9 Å². The van der Waals surface area contributed by atoms with E-state index in [4.69, 9.17) is 17.2 Å². The number of carbonyl (C=O) groups excluding carboxylic acids is 3. The second-order valence-corrected chi connectivity index (χ2v) is 8.92. The van der Waals surface area contributed by atoms with Crippen LogP contribution in [0.5, 0.6) is 0 Å². The van der Waals surface area contributed by atoms with E-state index in [0.717, 1.165) is 10.9 Å². The van der Waals surface area contributed by atoms with Gasteiger partial charge in [-0.05, 0) is 24.5 Å². The van der Waals surface area contributed by atoms with Gasteiger partial charge in [-0.3, -0.25) is 24.2 Å². The second kappa shape index (κ2) is 15.0. The SMILES string of the molecule is NC(N)=NCCCC(N)C(=O)NC(CC(=O)O)C(=O)NC(CO)C(=O)NC(Cc1c[nH]c2ccccc12)C(=O)O. The van der Waals surface area contributed by atoms with Crippen molar-refractivity contribution in [1.29, 1.82) is 0 Å². The number of guanidine groups is 1. The summed E-state index contributed by atoms with van der Waals surface area (Å²) in [5, 5.41) is 36.0. The molecule has 40 heavy (non-hydrogen) atoms.